The van der Waals surface area contributed by atoms with Gasteiger partial charge in [-0.2, -0.15) is 3.97 Å². The highest BCUT2D eigenvalue weighted by Crippen LogP contribution is 2.43. The predicted molar refractivity (Wildman–Crippen MR) is 100.0 cm³/mol. The van der Waals surface area contributed by atoms with Gasteiger partial charge in [0.2, 0.25) is 5.16 Å². The lowest BCUT2D eigenvalue weighted by Crippen LogP contribution is -2.20. The van der Waals surface area contributed by atoms with Crippen LogP contribution in [0.5, 0.6) is 0 Å². The van der Waals surface area contributed by atoms with Crippen LogP contribution < -0.4 is 0 Å². The SMILES string of the molecule is COC(=O)c1cc2c(cc1Cl)Sc1nnc(-c3ccc(Cl)cc3)n1S2(=O)=O. The van der Waals surface area contributed by atoms with E-state index in [1.165, 1.54) is 19.2 Å². The van der Waals surface area contributed by atoms with Crippen molar-refractivity contribution in [3.05, 3.63) is 52.0 Å². The number of hydrogen-bond donors (Lipinski definition) is 0. The van der Waals surface area contributed by atoms with Crippen LogP contribution in [0, 0.1) is 0 Å². The minimum atomic E-state index is -4.06. The molecular formula is C16H9Cl2N3O4S2. The molecule has 0 spiro atoms. The number of esters is 1. The van der Waals surface area contributed by atoms with E-state index in [-0.39, 0.29) is 26.5 Å². The second-order valence-corrected chi connectivity index (χ2v) is 9.06. The standard InChI is InChI=1S/C16H9Cl2N3O4S2/c1-25-15(22)10-6-13-12(7-11(10)18)26-16-20-19-14(21(16)27(13,23)24)8-2-4-9(17)5-3-8/h2-7H,1H3. The van der Waals surface area contributed by atoms with E-state index in [9.17, 15) is 13.2 Å². The zero-order valence-electron chi connectivity index (χ0n) is 13.5. The highest BCUT2D eigenvalue weighted by atomic mass is 35.5. The van der Waals surface area contributed by atoms with Gasteiger partial charge in [0.25, 0.3) is 10.0 Å². The van der Waals surface area contributed by atoms with Crippen LogP contribution in [0.2, 0.25) is 10.0 Å². The second-order valence-electron chi connectivity index (χ2n) is 5.45. The quantitative estimate of drug-likeness (QED) is 0.437. The van der Waals surface area contributed by atoms with Crippen molar-refractivity contribution >= 4 is 51.0 Å². The Kier molecular flexibility index (Phi) is 4.42. The summed E-state index contributed by atoms with van der Waals surface area (Å²) >= 11 is 13.1. The third kappa shape index (κ3) is 2.91. The van der Waals surface area contributed by atoms with E-state index in [2.05, 4.69) is 14.9 Å². The van der Waals surface area contributed by atoms with Crippen molar-refractivity contribution in [2.45, 2.75) is 14.9 Å². The number of methoxy groups -OCH3 is 1. The zero-order chi connectivity index (χ0) is 19.3. The fourth-order valence-electron chi connectivity index (χ4n) is 2.59. The van der Waals surface area contributed by atoms with Gasteiger partial charge in [-0.05, 0) is 48.2 Å². The molecule has 0 atom stereocenters. The summed E-state index contributed by atoms with van der Waals surface area (Å²) in [4.78, 5) is 12.2. The predicted octanol–water partition coefficient (Wildman–Crippen LogP) is 3.74. The lowest BCUT2D eigenvalue weighted by Gasteiger charge is -2.19. The van der Waals surface area contributed by atoms with Crippen LogP contribution in [0.25, 0.3) is 11.4 Å². The maximum atomic E-state index is 13.2. The Morgan fingerprint density at radius 1 is 1.15 bits per heavy atom. The maximum absolute atomic E-state index is 13.2. The maximum Gasteiger partial charge on any atom is 0.339 e. The van der Waals surface area contributed by atoms with Gasteiger partial charge in [0, 0.05) is 15.5 Å². The topological polar surface area (TPSA) is 91.2 Å². The first-order valence-electron chi connectivity index (χ1n) is 7.39. The summed E-state index contributed by atoms with van der Waals surface area (Å²) < 4.78 is 32.2. The van der Waals surface area contributed by atoms with Crippen molar-refractivity contribution in [3.63, 3.8) is 0 Å². The van der Waals surface area contributed by atoms with Gasteiger partial charge in [-0.25, -0.2) is 13.2 Å². The molecule has 0 saturated carbocycles. The normalized spacial score (nSPS) is 14.3. The summed E-state index contributed by atoms with van der Waals surface area (Å²) in [6.07, 6.45) is 0. The number of nitrogens with zero attached hydrogens (tertiary/aromatic N) is 3. The molecule has 27 heavy (non-hydrogen) atoms. The molecule has 0 bridgehead atoms. The minimum absolute atomic E-state index is 0.0355. The summed E-state index contributed by atoms with van der Waals surface area (Å²) in [5, 5.41) is 8.78. The number of fused-ring (bicyclic) bond motifs is 2. The minimum Gasteiger partial charge on any atom is -0.465 e. The number of aromatic nitrogens is 3. The average Bonchev–Trinajstić information content (AvgIpc) is 3.06. The summed E-state index contributed by atoms with van der Waals surface area (Å²) in [7, 11) is -2.86. The molecule has 0 amide bonds. The first-order valence-corrected chi connectivity index (χ1v) is 10.4. The molecule has 2 aromatic carbocycles. The Morgan fingerprint density at radius 3 is 2.52 bits per heavy atom. The number of rotatable bonds is 2. The first-order chi connectivity index (χ1) is 12.8. The van der Waals surface area contributed by atoms with E-state index in [1.807, 2.05) is 0 Å². The van der Waals surface area contributed by atoms with Gasteiger partial charge < -0.3 is 4.74 Å². The third-order valence-electron chi connectivity index (χ3n) is 3.86. The number of halogens is 2. The Labute approximate surface area is 168 Å². The van der Waals surface area contributed by atoms with Gasteiger partial charge in [-0.1, -0.05) is 23.2 Å². The molecule has 0 unspecified atom stereocenters. The molecule has 11 heteroatoms. The van der Waals surface area contributed by atoms with Crippen LogP contribution >= 0.6 is 35.0 Å². The molecule has 1 aromatic heterocycles. The van der Waals surface area contributed by atoms with Gasteiger partial charge in [-0.15, -0.1) is 10.2 Å². The molecule has 138 valence electrons. The highest BCUT2D eigenvalue weighted by Gasteiger charge is 2.35. The van der Waals surface area contributed by atoms with Gasteiger partial charge in [-0.3, -0.25) is 0 Å². The molecule has 0 N–H and O–H groups in total. The summed E-state index contributed by atoms with van der Waals surface area (Å²) in [5.74, 6) is -0.579. The molecule has 0 aliphatic carbocycles. The van der Waals surface area contributed by atoms with Crippen LogP contribution in [0.1, 0.15) is 10.4 Å². The van der Waals surface area contributed by atoms with E-state index >= 15 is 0 Å². The molecule has 3 aromatic rings. The van der Waals surface area contributed by atoms with E-state index in [4.69, 9.17) is 23.2 Å². The molecule has 0 radical (unpaired) electrons. The third-order valence-corrected chi connectivity index (χ3v) is 7.39. The number of benzene rings is 2. The molecule has 7 nitrogen and oxygen atoms in total. The van der Waals surface area contributed by atoms with Gasteiger partial charge >= 0.3 is 5.97 Å². The number of hydrogen-bond acceptors (Lipinski definition) is 7. The fourth-order valence-corrected chi connectivity index (χ4v) is 6.04. The summed E-state index contributed by atoms with van der Waals surface area (Å²) in [6, 6.07) is 9.18. The van der Waals surface area contributed by atoms with Crippen LogP contribution in [0.3, 0.4) is 0 Å². The van der Waals surface area contributed by atoms with Crippen molar-refractivity contribution in [2.24, 2.45) is 0 Å². The number of carbonyl (C=O) groups is 1. The molecule has 1 aliphatic heterocycles. The van der Waals surface area contributed by atoms with E-state index in [1.54, 1.807) is 24.3 Å². The molecule has 0 saturated heterocycles. The highest BCUT2D eigenvalue weighted by molar-refractivity contribution is 8.01. The van der Waals surface area contributed by atoms with Crippen LogP contribution in [-0.2, 0) is 14.8 Å². The first kappa shape index (κ1) is 18.3. The summed E-state index contributed by atoms with van der Waals surface area (Å²) in [5.41, 5.74) is 0.500. The Bertz CT molecular complexity index is 1190. The van der Waals surface area contributed by atoms with Crippen LogP contribution in [0.15, 0.2) is 51.3 Å². The summed E-state index contributed by atoms with van der Waals surface area (Å²) in [6.45, 7) is 0. The number of carbonyl (C=O) groups excluding carboxylic acids is 1. The van der Waals surface area contributed by atoms with E-state index in [0.29, 0.717) is 15.5 Å². The molecule has 4 rings (SSSR count). The number of ether oxygens (including phenoxy) is 1. The van der Waals surface area contributed by atoms with Gasteiger partial charge in [0.15, 0.2) is 5.82 Å². The van der Waals surface area contributed by atoms with Crippen LogP contribution in [0.4, 0.5) is 0 Å². The lowest BCUT2D eigenvalue weighted by molar-refractivity contribution is 0.0600. The molecule has 2 heterocycles. The smallest absolute Gasteiger partial charge is 0.339 e. The Balaban J connectivity index is 1.93. The molecule has 0 fully saturated rings. The Morgan fingerprint density at radius 2 is 1.85 bits per heavy atom. The Hall–Kier alpha value is -2.07. The van der Waals surface area contributed by atoms with Crippen molar-refractivity contribution in [2.75, 3.05) is 7.11 Å². The largest absolute Gasteiger partial charge is 0.465 e. The van der Waals surface area contributed by atoms with Crippen LogP contribution in [-0.4, -0.2) is 35.7 Å². The van der Waals surface area contributed by atoms with Gasteiger partial charge in [0.1, 0.15) is 4.90 Å². The van der Waals surface area contributed by atoms with Gasteiger partial charge in [0.05, 0.1) is 17.7 Å². The van der Waals surface area contributed by atoms with Crippen molar-refractivity contribution in [1.82, 2.24) is 14.2 Å². The van der Waals surface area contributed by atoms with Crippen molar-refractivity contribution < 1.29 is 17.9 Å². The monoisotopic (exact) mass is 441 g/mol. The molecule has 1 aliphatic rings. The van der Waals surface area contributed by atoms with E-state index in [0.717, 1.165) is 15.7 Å². The average molecular weight is 442 g/mol. The zero-order valence-corrected chi connectivity index (χ0v) is 16.7. The second kappa shape index (κ2) is 6.52. The fraction of sp³-hybridized carbons (Fsp3) is 0.0625. The van der Waals surface area contributed by atoms with Crippen molar-refractivity contribution in [1.29, 1.82) is 0 Å². The van der Waals surface area contributed by atoms with E-state index < -0.39 is 16.0 Å². The lowest BCUT2D eigenvalue weighted by atomic mass is 10.2. The molecular weight excluding hydrogens is 433 g/mol. The van der Waals surface area contributed by atoms with Crippen molar-refractivity contribution in [3.8, 4) is 11.4 Å².